The van der Waals surface area contributed by atoms with Crippen molar-refractivity contribution >= 4 is 23.6 Å². The fourth-order valence-corrected chi connectivity index (χ4v) is 9.57. The minimum absolute atomic E-state index is 0.111. The summed E-state index contributed by atoms with van der Waals surface area (Å²) in [5.41, 5.74) is 3.95. The molecular formula is C49H56F2N4O4. The van der Waals surface area contributed by atoms with Crippen LogP contribution in [0, 0.1) is 29.4 Å². The number of likely N-dealkylation sites (tertiary alicyclic amines) is 1. The minimum atomic E-state index is -0.422. The first-order valence-corrected chi connectivity index (χ1v) is 21.3. The predicted molar refractivity (Wildman–Crippen MR) is 225 cm³/mol. The van der Waals surface area contributed by atoms with E-state index < -0.39 is 11.6 Å². The summed E-state index contributed by atoms with van der Waals surface area (Å²) >= 11 is 0. The summed E-state index contributed by atoms with van der Waals surface area (Å²) in [7, 11) is 3.39. The van der Waals surface area contributed by atoms with Gasteiger partial charge in [-0.3, -0.25) is 19.2 Å². The van der Waals surface area contributed by atoms with Gasteiger partial charge in [0.15, 0.2) is 0 Å². The molecule has 4 aromatic rings. The quantitative estimate of drug-likeness (QED) is 0.178. The Morgan fingerprint density at radius 3 is 1.51 bits per heavy atom. The lowest BCUT2D eigenvalue weighted by molar-refractivity contribution is 0.0390. The summed E-state index contributed by atoms with van der Waals surface area (Å²) < 4.78 is 26.8. The fraction of sp³-hybridized carbons (Fsp3) is 0.429. The lowest BCUT2D eigenvalue weighted by Gasteiger charge is -2.44. The molecule has 0 spiro atoms. The normalized spacial score (nSPS) is 21.0. The van der Waals surface area contributed by atoms with E-state index in [1.54, 1.807) is 36.0 Å². The van der Waals surface area contributed by atoms with Crippen LogP contribution in [0.5, 0.6) is 0 Å². The molecule has 4 amide bonds. The van der Waals surface area contributed by atoms with Crippen molar-refractivity contribution in [2.75, 3.05) is 33.7 Å². The highest BCUT2D eigenvalue weighted by molar-refractivity contribution is 5.96. The molecule has 2 saturated carbocycles. The van der Waals surface area contributed by atoms with Crippen LogP contribution in [0.3, 0.4) is 0 Å². The van der Waals surface area contributed by atoms with Gasteiger partial charge in [-0.25, -0.2) is 8.78 Å². The van der Waals surface area contributed by atoms with Gasteiger partial charge in [0.2, 0.25) is 0 Å². The summed E-state index contributed by atoms with van der Waals surface area (Å²) in [6, 6.07) is 26.9. The van der Waals surface area contributed by atoms with Crippen LogP contribution < -0.4 is 0 Å². The molecule has 2 bridgehead atoms. The highest BCUT2D eigenvalue weighted by Gasteiger charge is 2.36. The van der Waals surface area contributed by atoms with Gasteiger partial charge in [0.05, 0.1) is 0 Å². The number of rotatable bonds is 8. The van der Waals surface area contributed by atoms with E-state index in [1.807, 2.05) is 53.4 Å². The Labute approximate surface area is 347 Å². The zero-order chi connectivity index (χ0) is 41.5. The van der Waals surface area contributed by atoms with E-state index in [1.165, 1.54) is 87.8 Å². The van der Waals surface area contributed by atoms with Crippen LogP contribution in [-0.2, 0) is 13.1 Å². The van der Waals surface area contributed by atoms with Gasteiger partial charge in [-0.05, 0) is 141 Å². The number of nitrogens with zero attached hydrogens (tertiary/aromatic N) is 4. The number of piperidine rings is 1. The van der Waals surface area contributed by atoms with Crippen molar-refractivity contribution in [1.29, 1.82) is 0 Å². The standard InChI is InChI=1S/C25H29FN2O2.C24H27FN2O2/c1-27(24(29)21-7-4-9-22(26)16-21)17-18-11-13-20(14-12-18)25(30)28-15-5-8-19-6-2-3-10-23(19)28;1-26(23(28)21-3-2-4-22(25)13-21)14-17-9-11-20(12-10-17)24(29)27-15-18-5-6-19(16-27)8-7-18/h4,7,9,11-14,16,19,23H,2-3,5-6,8,10,15,17H2,1H3;2-4,9-13,18-19H,5-8,14-16H2,1H3. The summed E-state index contributed by atoms with van der Waals surface area (Å²) in [6.07, 6.45) is 12.2. The number of hydrogen-bond acceptors (Lipinski definition) is 4. The molecular weight excluding hydrogens is 747 g/mol. The highest BCUT2D eigenvalue weighted by atomic mass is 19.1. The van der Waals surface area contributed by atoms with Crippen molar-refractivity contribution in [3.8, 4) is 0 Å². The molecule has 4 aromatic carbocycles. The molecule has 310 valence electrons. The van der Waals surface area contributed by atoms with Crippen LogP contribution in [0.15, 0.2) is 97.1 Å². The van der Waals surface area contributed by atoms with E-state index in [0.717, 1.165) is 43.6 Å². The molecule has 2 aliphatic carbocycles. The maximum Gasteiger partial charge on any atom is 0.254 e. The second kappa shape index (κ2) is 19.1. The number of carbonyl (C=O) groups is 4. The molecule has 2 unspecified atom stereocenters. The zero-order valence-corrected chi connectivity index (χ0v) is 34.3. The first kappa shape index (κ1) is 41.8. The Bertz CT molecular complexity index is 2080. The zero-order valence-electron chi connectivity index (χ0n) is 34.3. The van der Waals surface area contributed by atoms with Crippen LogP contribution in [0.1, 0.15) is 117 Å². The number of hydrogen-bond donors (Lipinski definition) is 0. The van der Waals surface area contributed by atoms with Crippen LogP contribution in [0.4, 0.5) is 8.78 Å². The third kappa shape index (κ3) is 10.4. The Morgan fingerprint density at radius 1 is 0.559 bits per heavy atom. The van der Waals surface area contributed by atoms with Gasteiger partial charge in [0, 0.05) is 75.1 Å². The molecule has 9 rings (SSSR count). The van der Waals surface area contributed by atoms with Crippen molar-refractivity contribution in [1.82, 2.24) is 19.6 Å². The molecule has 0 radical (unpaired) electrons. The van der Waals surface area contributed by atoms with Gasteiger partial charge in [-0.1, -0.05) is 49.2 Å². The van der Waals surface area contributed by atoms with Gasteiger partial charge >= 0.3 is 0 Å². The second-order valence-electron chi connectivity index (χ2n) is 17.1. The third-order valence-corrected chi connectivity index (χ3v) is 12.8. The van der Waals surface area contributed by atoms with Crippen LogP contribution in [0.2, 0.25) is 0 Å². The van der Waals surface area contributed by atoms with Crippen LogP contribution in [-0.4, -0.2) is 83.0 Å². The molecule has 5 fully saturated rings. The SMILES string of the molecule is CN(Cc1ccc(C(=O)N2CC3CCC(CC3)C2)cc1)C(=O)c1cccc(F)c1.CN(Cc1ccc(C(=O)N2CCCC3CCCCC32)cc1)C(=O)c1cccc(F)c1. The van der Waals surface area contributed by atoms with E-state index in [0.29, 0.717) is 59.1 Å². The number of amides is 4. The van der Waals surface area contributed by atoms with Crippen molar-refractivity contribution in [2.45, 2.75) is 83.3 Å². The largest absolute Gasteiger partial charge is 0.338 e. The Balaban J connectivity index is 0.000000179. The third-order valence-electron chi connectivity index (χ3n) is 12.8. The lowest BCUT2D eigenvalue weighted by Crippen LogP contribution is -2.49. The van der Waals surface area contributed by atoms with Crippen LogP contribution in [0.25, 0.3) is 0 Å². The van der Waals surface area contributed by atoms with Crippen molar-refractivity contribution in [2.24, 2.45) is 17.8 Å². The first-order valence-electron chi connectivity index (χ1n) is 21.3. The number of carbonyl (C=O) groups excluding carboxylic acids is 4. The monoisotopic (exact) mass is 802 g/mol. The number of benzene rings is 4. The van der Waals surface area contributed by atoms with Gasteiger partial charge in [-0.15, -0.1) is 0 Å². The molecule has 2 atom stereocenters. The van der Waals surface area contributed by atoms with E-state index in [2.05, 4.69) is 4.90 Å². The maximum absolute atomic E-state index is 13.4. The van der Waals surface area contributed by atoms with Gasteiger partial charge in [0.1, 0.15) is 11.6 Å². The average Bonchev–Trinajstić information content (AvgIpc) is 3.60. The van der Waals surface area contributed by atoms with E-state index >= 15 is 0 Å². The summed E-state index contributed by atoms with van der Waals surface area (Å²) in [5, 5.41) is 0. The molecule has 59 heavy (non-hydrogen) atoms. The summed E-state index contributed by atoms with van der Waals surface area (Å²) in [4.78, 5) is 58.3. The average molecular weight is 803 g/mol. The smallest absolute Gasteiger partial charge is 0.254 e. The molecule has 8 nitrogen and oxygen atoms in total. The molecule has 0 aromatic heterocycles. The maximum atomic E-state index is 13.4. The van der Waals surface area contributed by atoms with E-state index in [9.17, 15) is 28.0 Å². The van der Waals surface area contributed by atoms with Crippen molar-refractivity contribution < 1.29 is 28.0 Å². The topological polar surface area (TPSA) is 81.2 Å². The van der Waals surface area contributed by atoms with Gasteiger partial charge in [-0.2, -0.15) is 0 Å². The van der Waals surface area contributed by atoms with Gasteiger partial charge in [0.25, 0.3) is 23.6 Å². The van der Waals surface area contributed by atoms with Crippen LogP contribution >= 0.6 is 0 Å². The molecule has 3 heterocycles. The Kier molecular flexibility index (Phi) is 13.5. The fourth-order valence-electron chi connectivity index (χ4n) is 9.57. The summed E-state index contributed by atoms with van der Waals surface area (Å²) in [5.74, 6) is 0.902. The highest BCUT2D eigenvalue weighted by Crippen LogP contribution is 2.36. The molecule has 5 aliphatic rings. The van der Waals surface area contributed by atoms with Crippen molar-refractivity contribution in [3.05, 3.63) is 142 Å². The second-order valence-corrected chi connectivity index (χ2v) is 17.1. The Hall–Kier alpha value is -5.38. The molecule has 0 N–H and O–H groups in total. The van der Waals surface area contributed by atoms with E-state index in [-0.39, 0.29) is 23.6 Å². The number of fused-ring (bicyclic) bond motifs is 5. The van der Waals surface area contributed by atoms with Gasteiger partial charge < -0.3 is 19.6 Å². The summed E-state index contributed by atoms with van der Waals surface area (Å²) in [6.45, 7) is 3.41. The lowest BCUT2D eigenvalue weighted by atomic mass is 9.78. The number of halogens is 2. The molecule has 10 heteroatoms. The van der Waals surface area contributed by atoms with E-state index in [4.69, 9.17) is 0 Å². The molecule has 3 saturated heterocycles. The Morgan fingerprint density at radius 2 is 1.02 bits per heavy atom. The molecule has 3 aliphatic heterocycles. The minimum Gasteiger partial charge on any atom is -0.338 e. The predicted octanol–water partition coefficient (Wildman–Crippen LogP) is 9.25. The first-order chi connectivity index (χ1) is 28.5. The van der Waals surface area contributed by atoms with Crippen molar-refractivity contribution in [3.63, 3.8) is 0 Å².